The van der Waals surface area contributed by atoms with Crippen LogP contribution in [0.2, 0.25) is 0 Å². The van der Waals surface area contributed by atoms with Gasteiger partial charge in [0.05, 0.1) is 4.90 Å². The lowest BCUT2D eigenvalue weighted by Crippen LogP contribution is -2.48. The van der Waals surface area contributed by atoms with E-state index >= 15 is 0 Å². The molecule has 0 spiro atoms. The third kappa shape index (κ3) is 5.65. The summed E-state index contributed by atoms with van der Waals surface area (Å²) in [6, 6.07) is 16.2. The number of sulfonamides is 1. The van der Waals surface area contributed by atoms with E-state index in [1.165, 1.54) is 0 Å². The van der Waals surface area contributed by atoms with Gasteiger partial charge in [-0.05, 0) is 36.2 Å². The fourth-order valence-corrected chi connectivity index (χ4v) is 4.86. The first-order valence-electron chi connectivity index (χ1n) is 10.2. The summed E-state index contributed by atoms with van der Waals surface area (Å²) < 4.78 is 27.0. The van der Waals surface area contributed by atoms with Crippen LogP contribution in [0.1, 0.15) is 35.7 Å². The van der Waals surface area contributed by atoms with E-state index in [9.17, 15) is 13.2 Å². The van der Waals surface area contributed by atoms with Crippen molar-refractivity contribution in [3.8, 4) is 0 Å². The van der Waals surface area contributed by atoms with E-state index in [0.717, 1.165) is 18.4 Å². The minimum atomic E-state index is -3.43. The van der Waals surface area contributed by atoms with Gasteiger partial charge in [0.15, 0.2) is 0 Å². The number of amides is 1. The van der Waals surface area contributed by atoms with Gasteiger partial charge in [0.2, 0.25) is 10.0 Å². The van der Waals surface area contributed by atoms with Gasteiger partial charge in [-0.15, -0.1) is 0 Å². The van der Waals surface area contributed by atoms with Gasteiger partial charge in [-0.3, -0.25) is 9.69 Å². The van der Waals surface area contributed by atoms with E-state index in [-0.39, 0.29) is 5.91 Å². The first kappa shape index (κ1) is 21.5. The fraction of sp³-hybridized carbons (Fsp3) is 0.409. The summed E-state index contributed by atoms with van der Waals surface area (Å²) >= 11 is 0. The number of piperazine rings is 1. The Labute approximate surface area is 173 Å². The summed E-state index contributed by atoms with van der Waals surface area (Å²) in [5.41, 5.74) is 1.73. The van der Waals surface area contributed by atoms with Crippen LogP contribution in [0.4, 0.5) is 0 Å². The normalized spacial score (nSPS) is 15.9. The van der Waals surface area contributed by atoms with Crippen LogP contribution in [0.25, 0.3) is 0 Å². The number of rotatable bonds is 8. The van der Waals surface area contributed by atoms with Gasteiger partial charge in [-0.25, -0.2) is 8.42 Å². The maximum absolute atomic E-state index is 12.7. The van der Waals surface area contributed by atoms with Crippen LogP contribution < -0.4 is 5.32 Å². The van der Waals surface area contributed by atoms with Crippen LogP contribution in [0.15, 0.2) is 59.5 Å². The second-order valence-electron chi connectivity index (χ2n) is 7.30. The van der Waals surface area contributed by atoms with Gasteiger partial charge in [0.25, 0.3) is 5.91 Å². The van der Waals surface area contributed by atoms with Crippen LogP contribution in [0, 0.1) is 0 Å². The Hall–Kier alpha value is -2.22. The molecule has 2 aromatic rings. The molecule has 3 rings (SSSR count). The number of hydrogen-bond acceptors (Lipinski definition) is 4. The van der Waals surface area contributed by atoms with Crippen molar-refractivity contribution in [1.29, 1.82) is 0 Å². The average molecular weight is 416 g/mol. The third-order valence-electron chi connectivity index (χ3n) is 5.12. The zero-order chi connectivity index (χ0) is 20.7. The highest BCUT2D eigenvalue weighted by molar-refractivity contribution is 7.89. The number of unbranched alkanes of at least 4 members (excludes halogenated alkanes) is 1. The molecule has 7 heteroatoms. The molecule has 1 aliphatic rings. The van der Waals surface area contributed by atoms with Gasteiger partial charge < -0.3 is 5.32 Å². The Morgan fingerprint density at radius 2 is 1.72 bits per heavy atom. The number of nitrogens with one attached hydrogen (secondary N) is 1. The molecule has 0 atom stereocenters. The standard InChI is InChI=1S/C22H29N3O3S/c1-2-3-12-23-22(26)20-9-7-8-19(17-20)18-24-13-15-25(16-14-24)29(27,28)21-10-5-4-6-11-21/h4-11,17H,2-3,12-16,18H2,1H3,(H,23,26). The average Bonchev–Trinajstić information content (AvgIpc) is 2.75. The molecule has 2 aromatic carbocycles. The minimum absolute atomic E-state index is 0.0425. The van der Waals surface area contributed by atoms with E-state index in [1.807, 2.05) is 30.3 Å². The van der Waals surface area contributed by atoms with Crippen molar-refractivity contribution in [1.82, 2.24) is 14.5 Å². The monoisotopic (exact) mass is 415 g/mol. The SMILES string of the molecule is CCCCNC(=O)c1cccc(CN2CCN(S(=O)(=O)c3ccccc3)CC2)c1. The fourth-order valence-electron chi connectivity index (χ4n) is 3.42. The molecule has 1 amide bonds. The maximum atomic E-state index is 12.7. The molecule has 0 aromatic heterocycles. The van der Waals surface area contributed by atoms with Crippen LogP contribution >= 0.6 is 0 Å². The number of benzene rings is 2. The Balaban J connectivity index is 1.56. The molecule has 1 fully saturated rings. The van der Waals surface area contributed by atoms with Crippen LogP contribution in [-0.4, -0.2) is 56.3 Å². The highest BCUT2D eigenvalue weighted by Crippen LogP contribution is 2.18. The molecular formula is C22H29N3O3S. The summed E-state index contributed by atoms with van der Waals surface area (Å²) in [7, 11) is -3.43. The summed E-state index contributed by atoms with van der Waals surface area (Å²) in [5, 5.41) is 2.94. The summed E-state index contributed by atoms with van der Waals surface area (Å²) in [6.07, 6.45) is 2.02. The Kier molecular flexibility index (Phi) is 7.41. The maximum Gasteiger partial charge on any atom is 0.251 e. The zero-order valence-electron chi connectivity index (χ0n) is 16.9. The number of nitrogens with zero attached hydrogens (tertiary/aromatic N) is 2. The summed E-state index contributed by atoms with van der Waals surface area (Å²) in [5.74, 6) is -0.0425. The highest BCUT2D eigenvalue weighted by Gasteiger charge is 2.28. The van der Waals surface area contributed by atoms with Crippen molar-refractivity contribution >= 4 is 15.9 Å². The highest BCUT2D eigenvalue weighted by atomic mass is 32.2. The van der Waals surface area contributed by atoms with E-state index in [4.69, 9.17) is 0 Å². The molecule has 0 bridgehead atoms. The second-order valence-corrected chi connectivity index (χ2v) is 9.24. The molecule has 1 saturated heterocycles. The summed E-state index contributed by atoms with van der Waals surface area (Å²) in [4.78, 5) is 14.8. The first-order chi connectivity index (χ1) is 14.0. The van der Waals surface area contributed by atoms with Crippen LogP contribution in [0.3, 0.4) is 0 Å². The van der Waals surface area contributed by atoms with E-state index < -0.39 is 10.0 Å². The molecule has 0 radical (unpaired) electrons. The molecular weight excluding hydrogens is 386 g/mol. The minimum Gasteiger partial charge on any atom is -0.352 e. The molecule has 156 valence electrons. The van der Waals surface area contributed by atoms with Gasteiger partial charge in [0, 0.05) is 44.8 Å². The molecule has 6 nitrogen and oxygen atoms in total. The topological polar surface area (TPSA) is 69.7 Å². The second kappa shape index (κ2) is 10.0. The smallest absolute Gasteiger partial charge is 0.251 e. The van der Waals surface area contributed by atoms with Crippen molar-refractivity contribution in [2.75, 3.05) is 32.7 Å². The van der Waals surface area contributed by atoms with Crippen LogP contribution in [0.5, 0.6) is 0 Å². The third-order valence-corrected chi connectivity index (χ3v) is 7.04. The Bertz CT molecular complexity index is 908. The Morgan fingerprint density at radius 3 is 2.41 bits per heavy atom. The lowest BCUT2D eigenvalue weighted by Gasteiger charge is -2.34. The lowest BCUT2D eigenvalue weighted by molar-refractivity contribution is 0.0953. The van der Waals surface area contributed by atoms with E-state index in [1.54, 1.807) is 28.6 Å². The van der Waals surface area contributed by atoms with Crippen molar-refractivity contribution in [2.45, 2.75) is 31.2 Å². The molecule has 1 aliphatic heterocycles. The molecule has 1 N–H and O–H groups in total. The van der Waals surface area contributed by atoms with Gasteiger partial charge in [-0.2, -0.15) is 4.31 Å². The first-order valence-corrected chi connectivity index (χ1v) is 11.6. The van der Waals surface area contributed by atoms with E-state index in [0.29, 0.717) is 49.7 Å². The molecule has 0 aliphatic carbocycles. The summed E-state index contributed by atoms with van der Waals surface area (Å²) in [6.45, 7) is 5.76. The van der Waals surface area contributed by atoms with Gasteiger partial charge in [0.1, 0.15) is 0 Å². The predicted octanol–water partition coefficient (Wildman–Crippen LogP) is 2.72. The predicted molar refractivity (Wildman–Crippen MR) is 114 cm³/mol. The Morgan fingerprint density at radius 1 is 1.00 bits per heavy atom. The zero-order valence-corrected chi connectivity index (χ0v) is 17.7. The molecule has 0 saturated carbocycles. The van der Waals surface area contributed by atoms with E-state index in [2.05, 4.69) is 17.1 Å². The van der Waals surface area contributed by atoms with Crippen molar-refractivity contribution < 1.29 is 13.2 Å². The number of carbonyl (C=O) groups excluding carboxylic acids is 1. The molecule has 29 heavy (non-hydrogen) atoms. The molecule has 0 unspecified atom stereocenters. The molecule has 1 heterocycles. The van der Waals surface area contributed by atoms with Crippen molar-refractivity contribution in [3.63, 3.8) is 0 Å². The van der Waals surface area contributed by atoms with Crippen LogP contribution in [-0.2, 0) is 16.6 Å². The lowest BCUT2D eigenvalue weighted by atomic mass is 10.1. The quantitative estimate of drug-likeness (QED) is 0.673. The van der Waals surface area contributed by atoms with Crippen molar-refractivity contribution in [2.24, 2.45) is 0 Å². The van der Waals surface area contributed by atoms with Crippen molar-refractivity contribution in [3.05, 3.63) is 65.7 Å². The van der Waals surface area contributed by atoms with Gasteiger partial charge >= 0.3 is 0 Å². The number of hydrogen-bond donors (Lipinski definition) is 1. The largest absolute Gasteiger partial charge is 0.352 e. The van der Waals surface area contributed by atoms with Gasteiger partial charge in [-0.1, -0.05) is 43.7 Å². The number of carbonyl (C=O) groups is 1.